The number of nitrogens with one attached hydrogen (secondary N) is 2. The van der Waals surface area contributed by atoms with Crippen LogP contribution >= 0.6 is 11.6 Å². The maximum absolute atomic E-state index is 13.0. The largest absolute Gasteiger partial charge is 0.361 e. The Balaban J connectivity index is 1.30. The van der Waals surface area contributed by atoms with Crippen molar-refractivity contribution in [2.75, 3.05) is 19.6 Å². The van der Waals surface area contributed by atoms with E-state index in [2.05, 4.69) is 22.4 Å². The van der Waals surface area contributed by atoms with E-state index in [4.69, 9.17) is 11.6 Å². The van der Waals surface area contributed by atoms with Crippen molar-refractivity contribution in [2.45, 2.75) is 31.6 Å². The summed E-state index contributed by atoms with van der Waals surface area (Å²) >= 11 is 6.57. The Hall–Kier alpha value is -2.79. The number of aromatic nitrogens is 1. The highest BCUT2D eigenvalue weighted by molar-refractivity contribution is 6.31. The fraction of sp³-hybridized carbons (Fsp3) is 0.385. The van der Waals surface area contributed by atoms with Gasteiger partial charge in [0.1, 0.15) is 0 Å². The van der Waals surface area contributed by atoms with E-state index in [1.807, 2.05) is 47.5 Å². The molecule has 2 aromatic carbocycles. The van der Waals surface area contributed by atoms with Gasteiger partial charge in [0.25, 0.3) is 0 Å². The molecule has 166 valence electrons. The molecule has 1 atom stereocenters. The smallest absolute Gasteiger partial charge is 0.225 e. The molecule has 0 radical (unpaired) electrons. The lowest BCUT2D eigenvalue weighted by atomic mass is 9.90. The Labute approximate surface area is 193 Å². The van der Waals surface area contributed by atoms with Gasteiger partial charge in [-0.25, -0.2) is 0 Å². The Kier molecular flexibility index (Phi) is 5.92. The number of halogens is 1. The first kappa shape index (κ1) is 21.1. The lowest BCUT2D eigenvalue weighted by Gasteiger charge is -2.32. The van der Waals surface area contributed by atoms with Crippen LogP contribution < -0.4 is 5.32 Å². The van der Waals surface area contributed by atoms with Crippen molar-refractivity contribution in [3.05, 3.63) is 70.9 Å². The zero-order valence-electron chi connectivity index (χ0n) is 18.0. The van der Waals surface area contributed by atoms with Crippen LogP contribution in [0.1, 0.15) is 42.7 Å². The average molecular weight is 450 g/mol. The monoisotopic (exact) mass is 449 g/mol. The number of amides is 2. The second-order valence-electron chi connectivity index (χ2n) is 8.98. The van der Waals surface area contributed by atoms with E-state index in [-0.39, 0.29) is 29.6 Å². The van der Waals surface area contributed by atoms with E-state index >= 15 is 0 Å². The van der Waals surface area contributed by atoms with E-state index in [1.165, 1.54) is 0 Å². The Morgan fingerprint density at radius 3 is 2.44 bits per heavy atom. The molecular formula is C26H28ClN3O2. The van der Waals surface area contributed by atoms with Gasteiger partial charge in [0, 0.05) is 59.5 Å². The number of nitrogens with zero attached hydrogens (tertiary/aromatic N) is 1. The van der Waals surface area contributed by atoms with E-state index in [1.54, 1.807) is 0 Å². The van der Waals surface area contributed by atoms with Gasteiger partial charge in [-0.05, 0) is 48.9 Å². The second-order valence-corrected chi connectivity index (χ2v) is 9.39. The highest BCUT2D eigenvalue weighted by Crippen LogP contribution is 2.35. The fourth-order valence-electron chi connectivity index (χ4n) is 4.82. The molecule has 1 aliphatic heterocycles. The van der Waals surface area contributed by atoms with Crippen LogP contribution in [0.2, 0.25) is 5.02 Å². The van der Waals surface area contributed by atoms with Gasteiger partial charge in [-0.3, -0.25) is 9.59 Å². The van der Waals surface area contributed by atoms with Gasteiger partial charge < -0.3 is 15.2 Å². The zero-order valence-corrected chi connectivity index (χ0v) is 18.8. The minimum absolute atomic E-state index is 0.0480. The number of rotatable bonds is 6. The van der Waals surface area contributed by atoms with Gasteiger partial charge in [-0.2, -0.15) is 0 Å². The highest BCUT2D eigenvalue weighted by Gasteiger charge is 2.36. The fourth-order valence-corrected chi connectivity index (χ4v) is 5.09. The number of likely N-dealkylation sites (tertiary alicyclic amines) is 1. The van der Waals surface area contributed by atoms with Crippen molar-refractivity contribution in [3.8, 4) is 0 Å². The first-order chi connectivity index (χ1) is 15.6. The molecule has 2 aliphatic rings. The summed E-state index contributed by atoms with van der Waals surface area (Å²) in [6, 6.07) is 16.0. The molecule has 1 aliphatic carbocycles. The molecule has 5 rings (SSSR count). The van der Waals surface area contributed by atoms with Gasteiger partial charge in [-0.15, -0.1) is 0 Å². The molecule has 0 unspecified atom stereocenters. The van der Waals surface area contributed by atoms with Crippen LogP contribution in [-0.4, -0.2) is 41.3 Å². The lowest BCUT2D eigenvalue weighted by molar-refractivity contribution is -0.136. The molecule has 5 nitrogen and oxygen atoms in total. The van der Waals surface area contributed by atoms with Gasteiger partial charge >= 0.3 is 0 Å². The topological polar surface area (TPSA) is 65.2 Å². The molecule has 2 heterocycles. The van der Waals surface area contributed by atoms with Crippen molar-refractivity contribution >= 4 is 34.3 Å². The molecule has 2 amide bonds. The Bertz CT molecular complexity index is 1130. The second kappa shape index (κ2) is 8.99. The number of carbonyl (C=O) groups excluding carboxylic acids is 2. The molecule has 2 fully saturated rings. The molecule has 1 saturated carbocycles. The van der Waals surface area contributed by atoms with Gasteiger partial charge in [0.15, 0.2) is 0 Å². The van der Waals surface area contributed by atoms with Crippen LogP contribution in [0, 0.1) is 11.8 Å². The summed E-state index contributed by atoms with van der Waals surface area (Å²) in [4.78, 5) is 30.6. The standard InChI is InChI=1S/C26H28ClN3O2/c27-23-7-3-1-5-19(23)21(22-15-28-24-8-4-2-6-20(22)24)16-29-25(31)17-11-13-30(14-12-17)26(32)18-9-10-18/h1-8,15,17-18,21,28H,9-14,16H2,(H,29,31)/t21-/m0/s1. The number of benzene rings is 2. The molecule has 2 N–H and O–H groups in total. The van der Waals surface area contributed by atoms with Crippen LogP contribution in [0.4, 0.5) is 0 Å². The predicted octanol–water partition coefficient (Wildman–Crippen LogP) is 4.72. The summed E-state index contributed by atoms with van der Waals surface area (Å²) in [5, 5.41) is 5.03. The molecule has 1 saturated heterocycles. The number of hydrogen-bond acceptors (Lipinski definition) is 2. The molecule has 0 spiro atoms. The van der Waals surface area contributed by atoms with Crippen molar-refractivity contribution in [2.24, 2.45) is 11.8 Å². The van der Waals surface area contributed by atoms with Gasteiger partial charge in [0.05, 0.1) is 0 Å². The SMILES string of the molecule is O=C(NC[C@@H](c1ccccc1Cl)c1c[nH]c2ccccc12)C1CCN(C(=O)C2CC2)CC1. The van der Waals surface area contributed by atoms with Crippen molar-refractivity contribution in [3.63, 3.8) is 0 Å². The van der Waals surface area contributed by atoms with Crippen molar-refractivity contribution in [1.82, 2.24) is 15.2 Å². The predicted molar refractivity (Wildman–Crippen MR) is 127 cm³/mol. The first-order valence-corrected chi connectivity index (χ1v) is 11.9. The Morgan fingerprint density at radius 1 is 0.969 bits per heavy atom. The highest BCUT2D eigenvalue weighted by atomic mass is 35.5. The van der Waals surface area contributed by atoms with Crippen LogP contribution in [0.25, 0.3) is 10.9 Å². The minimum atomic E-state index is -0.0552. The normalized spacial score (nSPS) is 18.0. The van der Waals surface area contributed by atoms with Gasteiger partial charge in [-0.1, -0.05) is 48.0 Å². The minimum Gasteiger partial charge on any atom is -0.361 e. The summed E-state index contributed by atoms with van der Waals surface area (Å²) < 4.78 is 0. The number of carbonyl (C=O) groups is 2. The molecule has 6 heteroatoms. The van der Waals surface area contributed by atoms with Gasteiger partial charge in [0.2, 0.25) is 11.8 Å². The van der Waals surface area contributed by atoms with Crippen LogP contribution in [0.5, 0.6) is 0 Å². The quantitative estimate of drug-likeness (QED) is 0.572. The summed E-state index contributed by atoms with van der Waals surface area (Å²) in [6.07, 6.45) is 5.53. The lowest BCUT2D eigenvalue weighted by Crippen LogP contribution is -2.44. The molecule has 1 aromatic heterocycles. The maximum Gasteiger partial charge on any atom is 0.225 e. The third kappa shape index (κ3) is 4.26. The molecule has 32 heavy (non-hydrogen) atoms. The third-order valence-corrected chi connectivity index (χ3v) is 7.21. The third-order valence-electron chi connectivity index (χ3n) is 6.86. The maximum atomic E-state index is 13.0. The molecule has 0 bridgehead atoms. The van der Waals surface area contributed by atoms with E-state index in [9.17, 15) is 9.59 Å². The number of fused-ring (bicyclic) bond motifs is 1. The number of aromatic amines is 1. The van der Waals surface area contributed by atoms with Crippen LogP contribution in [0.3, 0.4) is 0 Å². The summed E-state index contributed by atoms with van der Waals surface area (Å²) in [5.74, 6) is 0.490. The summed E-state index contributed by atoms with van der Waals surface area (Å²) in [6.45, 7) is 1.85. The molecular weight excluding hydrogens is 422 g/mol. The van der Waals surface area contributed by atoms with Crippen LogP contribution in [0.15, 0.2) is 54.7 Å². The summed E-state index contributed by atoms with van der Waals surface area (Å²) in [5.41, 5.74) is 3.20. The van der Waals surface area contributed by atoms with E-state index in [0.717, 1.165) is 47.7 Å². The van der Waals surface area contributed by atoms with E-state index in [0.29, 0.717) is 24.7 Å². The van der Waals surface area contributed by atoms with Crippen LogP contribution in [-0.2, 0) is 9.59 Å². The average Bonchev–Trinajstić information content (AvgIpc) is 3.60. The number of H-pyrrole nitrogens is 1. The first-order valence-electron chi connectivity index (χ1n) is 11.5. The number of piperidine rings is 1. The molecule has 3 aromatic rings. The van der Waals surface area contributed by atoms with E-state index < -0.39 is 0 Å². The number of hydrogen-bond donors (Lipinski definition) is 2. The van der Waals surface area contributed by atoms with Crippen molar-refractivity contribution in [1.29, 1.82) is 0 Å². The zero-order chi connectivity index (χ0) is 22.1. The number of para-hydroxylation sites is 1. The Morgan fingerprint density at radius 2 is 1.69 bits per heavy atom. The summed E-state index contributed by atoms with van der Waals surface area (Å²) in [7, 11) is 0. The van der Waals surface area contributed by atoms with Crippen molar-refractivity contribution < 1.29 is 9.59 Å².